The third-order valence-corrected chi connectivity index (χ3v) is 5.02. The quantitative estimate of drug-likeness (QED) is 0.762. The van der Waals surface area contributed by atoms with Crippen LogP contribution in [0.3, 0.4) is 0 Å². The molecule has 2 unspecified atom stereocenters. The van der Waals surface area contributed by atoms with E-state index in [0.29, 0.717) is 24.4 Å². The van der Waals surface area contributed by atoms with Gasteiger partial charge in [-0.15, -0.1) is 11.6 Å². The summed E-state index contributed by atoms with van der Waals surface area (Å²) in [5, 5.41) is 3.31. The van der Waals surface area contributed by atoms with Crippen molar-refractivity contribution in [2.24, 2.45) is 11.8 Å². The van der Waals surface area contributed by atoms with Crippen LogP contribution in [0.1, 0.15) is 51.9 Å². The lowest BCUT2D eigenvalue weighted by molar-refractivity contribution is -0.124. The lowest BCUT2D eigenvalue weighted by atomic mass is 9.80. The van der Waals surface area contributed by atoms with E-state index >= 15 is 0 Å². The van der Waals surface area contributed by atoms with Gasteiger partial charge in [-0.05, 0) is 44.4 Å². The summed E-state index contributed by atoms with van der Waals surface area (Å²) in [6, 6.07) is 0. The predicted octanol–water partition coefficient (Wildman–Crippen LogP) is 3.11. The first kappa shape index (κ1) is 15.1. The van der Waals surface area contributed by atoms with E-state index in [0.717, 1.165) is 38.8 Å². The first-order valence-corrected chi connectivity index (χ1v) is 8.15. The maximum atomic E-state index is 11.9. The van der Waals surface area contributed by atoms with Crippen LogP contribution in [-0.2, 0) is 9.53 Å². The zero-order valence-electron chi connectivity index (χ0n) is 11.9. The summed E-state index contributed by atoms with van der Waals surface area (Å²) in [5.41, 5.74) is 0. The van der Waals surface area contributed by atoms with Crippen LogP contribution < -0.4 is 5.32 Å². The van der Waals surface area contributed by atoms with E-state index in [2.05, 4.69) is 5.32 Å². The largest absolute Gasteiger partial charge is 0.378 e. The third kappa shape index (κ3) is 4.64. The maximum Gasteiger partial charge on any atom is 0.220 e. The maximum absolute atomic E-state index is 11.9. The molecule has 1 amide bonds. The summed E-state index contributed by atoms with van der Waals surface area (Å²) in [7, 11) is 0. The van der Waals surface area contributed by atoms with Gasteiger partial charge in [-0.3, -0.25) is 4.79 Å². The number of rotatable bonds is 6. The summed E-state index contributed by atoms with van der Waals surface area (Å²) in [5.74, 6) is 1.18. The molecule has 0 aromatic rings. The number of carbonyl (C=O) groups is 1. The molecule has 1 N–H and O–H groups in total. The molecular formula is C15H26ClNO2. The highest BCUT2D eigenvalue weighted by Gasteiger charge is 2.31. The van der Waals surface area contributed by atoms with Crippen molar-refractivity contribution in [1.29, 1.82) is 0 Å². The van der Waals surface area contributed by atoms with Crippen LogP contribution in [0.4, 0.5) is 0 Å². The highest BCUT2D eigenvalue weighted by molar-refractivity contribution is 6.20. The molecule has 0 aliphatic heterocycles. The number of hydrogen-bond donors (Lipinski definition) is 1. The summed E-state index contributed by atoms with van der Waals surface area (Å²) in [6.07, 6.45) is 7.88. The van der Waals surface area contributed by atoms with E-state index in [-0.39, 0.29) is 11.3 Å². The normalized spacial score (nSPS) is 34.6. The molecule has 2 atom stereocenters. The molecule has 0 spiro atoms. The predicted molar refractivity (Wildman–Crippen MR) is 77.4 cm³/mol. The Hall–Kier alpha value is -0.280. The lowest BCUT2D eigenvalue weighted by Crippen LogP contribution is -2.38. The Morgan fingerprint density at radius 1 is 1.32 bits per heavy atom. The van der Waals surface area contributed by atoms with Gasteiger partial charge in [0.05, 0.1) is 6.10 Å². The SMILES string of the molecule is CCOC1CC(CC(=O)NCC2CCCCC2Cl)C1. The standard InChI is InChI=1S/C15H26ClNO2/c1-2-19-13-7-11(8-13)9-15(18)17-10-12-5-3-4-6-14(12)16/h11-14H,2-10H2,1H3,(H,17,18). The second-order valence-electron chi connectivity index (χ2n) is 5.98. The highest BCUT2D eigenvalue weighted by Crippen LogP contribution is 2.32. The van der Waals surface area contributed by atoms with E-state index in [1.54, 1.807) is 0 Å². The zero-order chi connectivity index (χ0) is 13.7. The van der Waals surface area contributed by atoms with Crippen LogP contribution in [-0.4, -0.2) is 30.5 Å². The topological polar surface area (TPSA) is 38.3 Å². The first-order valence-electron chi connectivity index (χ1n) is 7.71. The van der Waals surface area contributed by atoms with E-state index in [4.69, 9.17) is 16.3 Å². The second-order valence-corrected chi connectivity index (χ2v) is 6.54. The van der Waals surface area contributed by atoms with Gasteiger partial charge >= 0.3 is 0 Å². The fraction of sp³-hybridized carbons (Fsp3) is 0.933. The van der Waals surface area contributed by atoms with Crippen molar-refractivity contribution in [2.75, 3.05) is 13.2 Å². The molecule has 0 aromatic heterocycles. The highest BCUT2D eigenvalue weighted by atomic mass is 35.5. The van der Waals surface area contributed by atoms with Crippen LogP contribution in [0.5, 0.6) is 0 Å². The Balaban J connectivity index is 1.57. The van der Waals surface area contributed by atoms with Gasteiger partial charge in [0.15, 0.2) is 0 Å². The molecule has 0 saturated heterocycles. The van der Waals surface area contributed by atoms with Crippen LogP contribution in [0, 0.1) is 11.8 Å². The van der Waals surface area contributed by atoms with Crippen molar-refractivity contribution < 1.29 is 9.53 Å². The van der Waals surface area contributed by atoms with Crippen molar-refractivity contribution in [2.45, 2.75) is 63.4 Å². The number of alkyl halides is 1. The van der Waals surface area contributed by atoms with E-state index in [1.807, 2.05) is 6.92 Å². The summed E-state index contributed by atoms with van der Waals surface area (Å²) in [6.45, 7) is 3.56. The first-order chi connectivity index (χ1) is 9.19. The smallest absolute Gasteiger partial charge is 0.220 e. The monoisotopic (exact) mass is 287 g/mol. The van der Waals surface area contributed by atoms with Gasteiger partial charge in [0, 0.05) is 24.9 Å². The van der Waals surface area contributed by atoms with Gasteiger partial charge in [0.25, 0.3) is 0 Å². The van der Waals surface area contributed by atoms with Crippen molar-refractivity contribution in [3.8, 4) is 0 Å². The molecule has 2 saturated carbocycles. The summed E-state index contributed by atoms with van der Waals surface area (Å²) < 4.78 is 5.51. The molecule has 0 aromatic carbocycles. The van der Waals surface area contributed by atoms with Gasteiger partial charge in [-0.1, -0.05) is 12.8 Å². The van der Waals surface area contributed by atoms with E-state index in [1.165, 1.54) is 12.8 Å². The van der Waals surface area contributed by atoms with Gasteiger partial charge in [-0.2, -0.15) is 0 Å². The second kappa shape index (κ2) is 7.49. The molecule has 19 heavy (non-hydrogen) atoms. The molecule has 2 aliphatic carbocycles. The Morgan fingerprint density at radius 2 is 2.05 bits per heavy atom. The van der Waals surface area contributed by atoms with Gasteiger partial charge in [0.2, 0.25) is 5.91 Å². The fourth-order valence-electron chi connectivity index (χ4n) is 3.18. The van der Waals surface area contributed by atoms with Gasteiger partial charge in [0.1, 0.15) is 0 Å². The third-order valence-electron chi connectivity index (χ3n) is 4.45. The van der Waals surface area contributed by atoms with Crippen molar-refractivity contribution >= 4 is 17.5 Å². The van der Waals surface area contributed by atoms with Crippen molar-refractivity contribution in [3.05, 3.63) is 0 Å². The minimum atomic E-state index is 0.189. The van der Waals surface area contributed by atoms with Crippen LogP contribution in [0.15, 0.2) is 0 Å². The van der Waals surface area contributed by atoms with Crippen molar-refractivity contribution in [1.82, 2.24) is 5.32 Å². The molecule has 2 rings (SSSR count). The average molecular weight is 288 g/mol. The van der Waals surface area contributed by atoms with Crippen LogP contribution in [0.2, 0.25) is 0 Å². The number of halogens is 1. The molecule has 3 nitrogen and oxygen atoms in total. The molecule has 4 heteroatoms. The van der Waals surface area contributed by atoms with Crippen LogP contribution in [0.25, 0.3) is 0 Å². The number of amides is 1. The minimum absolute atomic E-state index is 0.189. The molecule has 0 radical (unpaired) electrons. The number of carbonyl (C=O) groups excluding carboxylic acids is 1. The Bertz CT molecular complexity index is 292. The van der Waals surface area contributed by atoms with Gasteiger partial charge < -0.3 is 10.1 Å². The van der Waals surface area contributed by atoms with E-state index < -0.39 is 0 Å². The van der Waals surface area contributed by atoms with Crippen molar-refractivity contribution in [3.63, 3.8) is 0 Å². The van der Waals surface area contributed by atoms with Gasteiger partial charge in [-0.25, -0.2) is 0 Å². The molecule has 110 valence electrons. The minimum Gasteiger partial charge on any atom is -0.378 e. The molecule has 0 heterocycles. The summed E-state index contributed by atoms with van der Waals surface area (Å²) in [4.78, 5) is 11.9. The number of nitrogens with one attached hydrogen (secondary N) is 1. The zero-order valence-corrected chi connectivity index (χ0v) is 12.6. The fourth-order valence-corrected chi connectivity index (χ4v) is 3.55. The lowest BCUT2D eigenvalue weighted by Gasteiger charge is -2.34. The molecular weight excluding hydrogens is 262 g/mol. The average Bonchev–Trinajstić information content (AvgIpc) is 2.35. The Labute approximate surface area is 121 Å². The number of hydrogen-bond acceptors (Lipinski definition) is 2. The summed E-state index contributed by atoms with van der Waals surface area (Å²) >= 11 is 6.30. The number of ether oxygens (including phenoxy) is 1. The van der Waals surface area contributed by atoms with Crippen LogP contribution >= 0.6 is 11.6 Å². The molecule has 0 bridgehead atoms. The van der Waals surface area contributed by atoms with E-state index in [9.17, 15) is 4.79 Å². The molecule has 2 fully saturated rings. The Morgan fingerprint density at radius 3 is 2.74 bits per heavy atom. The molecule has 2 aliphatic rings. The Kier molecular flexibility index (Phi) is 5.96.